The van der Waals surface area contributed by atoms with Crippen LogP contribution < -0.4 is 4.74 Å². The van der Waals surface area contributed by atoms with Crippen LogP contribution in [0.1, 0.15) is 22.3 Å². The molecule has 270 valence electrons. The molecule has 3 heterocycles. The predicted octanol–water partition coefficient (Wildman–Crippen LogP) is 13.3. The molecule has 0 amide bonds. The molecule has 1 spiro atoms. The van der Waals surface area contributed by atoms with Crippen molar-refractivity contribution in [3.63, 3.8) is 0 Å². The average molecular weight is 740 g/mol. The summed E-state index contributed by atoms with van der Waals surface area (Å²) in [6.45, 7) is 0. The van der Waals surface area contributed by atoms with Crippen molar-refractivity contribution >= 4 is 21.7 Å². The minimum Gasteiger partial charge on any atom is -0.455 e. The minimum absolute atomic E-state index is 0.656. The number of ether oxygens (including phenoxy) is 1. The largest absolute Gasteiger partial charge is 0.455 e. The highest BCUT2D eigenvalue weighted by Gasteiger charge is 2.52. The van der Waals surface area contributed by atoms with Crippen molar-refractivity contribution in [3.05, 3.63) is 223 Å². The van der Waals surface area contributed by atoms with E-state index in [0.29, 0.717) is 5.82 Å². The molecular formula is C54H33N3O. The smallest absolute Gasteiger partial charge is 0.160 e. The second-order valence-corrected chi connectivity index (χ2v) is 15.0. The van der Waals surface area contributed by atoms with Crippen molar-refractivity contribution in [3.8, 4) is 67.7 Å². The third-order valence-corrected chi connectivity index (χ3v) is 12.0. The second-order valence-electron chi connectivity index (χ2n) is 15.0. The number of aromatic nitrogens is 3. The van der Waals surface area contributed by atoms with Gasteiger partial charge in [-0.15, -0.1) is 0 Å². The summed E-state index contributed by atoms with van der Waals surface area (Å²) in [5, 5.41) is 3.38. The Labute approximate surface area is 335 Å². The summed E-state index contributed by atoms with van der Waals surface area (Å²) in [4.78, 5) is 15.5. The molecule has 1 aliphatic carbocycles. The summed E-state index contributed by atoms with van der Waals surface area (Å²) in [6.07, 6.45) is 1.87. The highest BCUT2D eigenvalue weighted by atomic mass is 16.5. The van der Waals surface area contributed by atoms with Gasteiger partial charge in [-0.05, 0) is 51.2 Å². The Hall–Kier alpha value is -7.69. The molecule has 0 atom stereocenters. The third-order valence-electron chi connectivity index (χ3n) is 12.0. The first-order chi connectivity index (χ1) is 28.8. The predicted molar refractivity (Wildman–Crippen MR) is 234 cm³/mol. The number of nitrogens with zero attached hydrogens (tertiary/aromatic N) is 3. The lowest BCUT2D eigenvalue weighted by atomic mass is 9.65. The number of fused-ring (bicyclic) bond motifs is 11. The topological polar surface area (TPSA) is 47.9 Å². The molecular weight excluding hydrogens is 707 g/mol. The Balaban J connectivity index is 1.18. The summed E-state index contributed by atoms with van der Waals surface area (Å²) in [5.41, 5.74) is 13.9. The standard InChI is InChI=1S/C54H33N3O/c1-2-16-36(17-3-1)53-56-48(40-24-10-18-34-15-4-5-21-37(34)40)33-49(57-53)43-27-13-31-47-52(43)58-51-42(41-25-11-19-35-20-14-32-55-50(35)41)26-12-30-46(51)54(47)44-28-8-6-22-38(44)39-23-7-9-29-45(39)54/h1-33H. The third kappa shape index (κ3) is 4.66. The van der Waals surface area contributed by atoms with Crippen molar-refractivity contribution in [1.29, 1.82) is 0 Å². The van der Waals surface area contributed by atoms with E-state index in [2.05, 4.69) is 170 Å². The maximum absolute atomic E-state index is 7.49. The second kappa shape index (κ2) is 12.7. The molecule has 2 aliphatic rings. The van der Waals surface area contributed by atoms with E-state index < -0.39 is 5.41 Å². The Bertz CT molecular complexity index is 3220. The first kappa shape index (κ1) is 32.5. The van der Waals surface area contributed by atoms with E-state index in [1.54, 1.807) is 0 Å². The van der Waals surface area contributed by atoms with Crippen molar-refractivity contribution in [1.82, 2.24) is 15.0 Å². The molecule has 1 aliphatic heterocycles. The highest BCUT2D eigenvalue weighted by molar-refractivity contribution is 5.99. The van der Waals surface area contributed by atoms with Crippen LogP contribution in [0.4, 0.5) is 0 Å². The van der Waals surface area contributed by atoms with Gasteiger partial charge in [0.1, 0.15) is 11.5 Å². The number of para-hydroxylation sites is 3. The van der Waals surface area contributed by atoms with Crippen LogP contribution in [0.15, 0.2) is 200 Å². The van der Waals surface area contributed by atoms with Gasteiger partial charge in [0.15, 0.2) is 5.82 Å². The van der Waals surface area contributed by atoms with Crippen LogP contribution in [0, 0.1) is 0 Å². The molecule has 10 aromatic rings. The SMILES string of the molecule is c1ccc(-c2nc(-c3cccc4c3Oc3c(-c5cccc6cccnc56)cccc3C43c4ccccc4-c4ccccc43)cc(-c3cccc4ccccc34)n2)cc1. The zero-order chi connectivity index (χ0) is 38.2. The number of pyridine rings is 1. The molecule has 2 aromatic heterocycles. The molecule has 0 saturated carbocycles. The molecule has 0 radical (unpaired) electrons. The summed E-state index contributed by atoms with van der Waals surface area (Å²) < 4.78 is 7.49. The van der Waals surface area contributed by atoms with Crippen molar-refractivity contribution in [2.24, 2.45) is 0 Å². The summed E-state index contributed by atoms with van der Waals surface area (Å²) in [6, 6.07) is 68.7. The zero-order valence-corrected chi connectivity index (χ0v) is 31.3. The van der Waals surface area contributed by atoms with Crippen LogP contribution in [0.3, 0.4) is 0 Å². The molecule has 0 unspecified atom stereocenters. The molecule has 0 N–H and O–H groups in total. The molecule has 0 fully saturated rings. The van der Waals surface area contributed by atoms with Gasteiger partial charge in [-0.25, -0.2) is 9.97 Å². The van der Waals surface area contributed by atoms with Crippen molar-refractivity contribution in [2.75, 3.05) is 0 Å². The fraction of sp³-hybridized carbons (Fsp3) is 0.0185. The number of hydrogen-bond donors (Lipinski definition) is 0. The van der Waals surface area contributed by atoms with Crippen LogP contribution in [0.25, 0.3) is 77.8 Å². The lowest BCUT2D eigenvalue weighted by Gasteiger charge is -2.40. The van der Waals surface area contributed by atoms with Gasteiger partial charge >= 0.3 is 0 Å². The van der Waals surface area contributed by atoms with Crippen LogP contribution >= 0.6 is 0 Å². The Morgan fingerprint density at radius 1 is 0.379 bits per heavy atom. The van der Waals surface area contributed by atoms with E-state index in [1.165, 1.54) is 22.3 Å². The molecule has 0 saturated heterocycles. The van der Waals surface area contributed by atoms with Crippen LogP contribution in [-0.4, -0.2) is 15.0 Å². The van der Waals surface area contributed by atoms with E-state index in [0.717, 1.165) is 83.5 Å². The Kier molecular flexibility index (Phi) is 7.11. The lowest BCUT2D eigenvalue weighted by Crippen LogP contribution is -2.32. The molecule has 4 heteroatoms. The summed E-state index contributed by atoms with van der Waals surface area (Å²) in [5.74, 6) is 2.26. The summed E-state index contributed by atoms with van der Waals surface area (Å²) >= 11 is 0. The number of benzene rings is 8. The monoisotopic (exact) mass is 739 g/mol. The normalized spacial score (nSPS) is 13.1. The van der Waals surface area contributed by atoms with E-state index >= 15 is 0 Å². The van der Waals surface area contributed by atoms with E-state index in [-0.39, 0.29) is 0 Å². The number of hydrogen-bond acceptors (Lipinski definition) is 4. The fourth-order valence-corrected chi connectivity index (χ4v) is 9.57. The lowest BCUT2D eigenvalue weighted by molar-refractivity contribution is 0.439. The first-order valence-corrected chi connectivity index (χ1v) is 19.7. The Morgan fingerprint density at radius 2 is 0.897 bits per heavy atom. The highest BCUT2D eigenvalue weighted by Crippen LogP contribution is 2.64. The van der Waals surface area contributed by atoms with Gasteiger partial charge in [-0.2, -0.15) is 0 Å². The van der Waals surface area contributed by atoms with Crippen LogP contribution in [0.2, 0.25) is 0 Å². The summed E-state index contributed by atoms with van der Waals surface area (Å²) in [7, 11) is 0. The quantitative estimate of drug-likeness (QED) is 0.180. The van der Waals surface area contributed by atoms with Gasteiger partial charge in [-0.3, -0.25) is 4.98 Å². The maximum atomic E-state index is 7.49. The van der Waals surface area contributed by atoms with Gasteiger partial charge in [0.2, 0.25) is 0 Å². The van der Waals surface area contributed by atoms with Crippen molar-refractivity contribution in [2.45, 2.75) is 5.41 Å². The minimum atomic E-state index is -0.673. The maximum Gasteiger partial charge on any atom is 0.160 e. The van der Waals surface area contributed by atoms with Crippen molar-refractivity contribution < 1.29 is 4.74 Å². The molecule has 0 bridgehead atoms. The van der Waals surface area contributed by atoms with Gasteiger partial charge < -0.3 is 4.74 Å². The number of rotatable bonds is 4. The first-order valence-electron chi connectivity index (χ1n) is 19.7. The van der Waals surface area contributed by atoms with Crippen LogP contribution in [-0.2, 0) is 5.41 Å². The fourth-order valence-electron chi connectivity index (χ4n) is 9.57. The van der Waals surface area contributed by atoms with E-state index in [4.69, 9.17) is 19.7 Å². The van der Waals surface area contributed by atoms with Gasteiger partial charge in [0, 0.05) is 50.5 Å². The Morgan fingerprint density at radius 3 is 1.67 bits per heavy atom. The van der Waals surface area contributed by atoms with Crippen LogP contribution in [0.5, 0.6) is 11.5 Å². The molecule has 4 nitrogen and oxygen atoms in total. The molecule has 12 rings (SSSR count). The van der Waals surface area contributed by atoms with Gasteiger partial charge in [-0.1, -0.05) is 176 Å². The van der Waals surface area contributed by atoms with Gasteiger partial charge in [0.05, 0.1) is 22.3 Å². The van der Waals surface area contributed by atoms with Gasteiger partial charge in [0.25, 0.3) is 0 Å². The average Bonchev–Trinajstić information content (AvgIpc) is 3.59. The molecule has 58 heavy (non-hydrogen) atoms. The van der Waals surface area contributed by atoms with E-state index in [1.807, 2.05) is 30.5 Å². The zero-order valence-electron chi connectivity index (χ0n) is 31.3. The van der Waals surface area contributed by atoms with E-state index in [9.17, 15) is 0 Å². The molecule has 8 aromatic carbocycles.